The highest BCUT2D eigenvalue weighted by atomic mass is 32.2. The Morgan fingerprint density at radius 3 is 2.70 bits per heavy atom. The van der Waals surface area contributed by atoms with Crippen molar-refractivity contribution in [3.8, 4) is 0 Å². The monoisotopic (exact) mass is 309 g/mol. The average molecular weight is 309 g/mol. The Labute approximate surface area is 122 Å². The van der Waals surface area contributed by atoms with Gasteiger partial charge in [-0.25, -0.2) is 13.1 Å². The summed E-state index contributed by atoms with van der Waals surface area (Å²) < 4.78 is 27.6. The molecule has 0 radical (unpaired) electrons. The smallest absolute Gasteiger partial charge is 0.250 e. The van der Waals surface area contributed by atoms with Crippen molar-refractivity contribution in [2.24, 2.45) is 0 Å². The molecule has 2 aromatic rings. The van der Waals surface area contributed by atoms with Crippen LogP contribution in [0.4, 0.5) is 0 Å². The van der Waals surface area contributed by atoms with Gasteiger partial charge in [0.1, 0.15) is 4.21 Å². The van der Waals surface area contributed by atoms with Crippen molar-refractivity contribution in [1.82, 2.24) is 4.72 Å². The molecule has 0 spiro atoms. The predicted octanol–water partition coefficient (Wildman–Crippen LogP) is 1.99. The highest BCUT2D eigenvalue weighted by molar-refractivity contribution is 7.91. The van der Waals surface area contributed by atoms with Crippen LogP contribution in [0.15, 0.2) is 40.6 Å². The third-order valence-corrected chi connectivity index (χ3v) is 6.40. The Hall–Kier alpha value is -1.21. The Morgan fingerprint density at radius 2 is 2.00 bits per heavy atom. The molecule has 0 amide bonds. The lowest BCUT2D eigenvalue weighted by atomic mass is 10.1. The molecule has 0 aliphatic heterocycles. The molecule has 20 heavy (non-hydrogen) atoms. The van der Waals surface area contributed by atoms with Crippen LogP contribution in [0.5, 0.6) is 0 Å². The number of aliphatic hydroxyl groups excluding tert-OH is 1. The summed E-state index contributed by atoms with van der Waals surface area (Å²) in [6.07, 6.45) is -0.240. The molecule has 1 aromatic heterocycles. The SMILES string of the molecule is Cc1ccc(S(=O)(=O)N[C@@H]2c3ccccc3C[C@@H]2O)s1. The Bertz CT molecular complexity index is 736. The predicted molar refractivity (Wildman–Crippen MR) is 78.3 cm³/mol. The number of hydrogen-bond donors (Lipinski definition) is 2. The Kier molecular flexibility index (Phi) is 3.41. The van der Waals surface area contributed by atoms with Gasteiger partial charge in [-0.15, -0.1) is 11.3 Å². The second-order valence-corrected chi connectivity index (χ2v) is 8.16. The van der Waals surface area contributed by atoms with Gasteiger partial charge in [-0.2, -0.15) is 0 Å². The first kappa shape index (κ1) is 13.8. The number of hydrogen-bond acceptors (Lipinski definition) is 4. The number of aliphatic hydroxyl groups is 1. The summed E-state index contributed by atoms with van der Waals surface area (Å²) in [5.41, 5.74) is 1.85. The molecule has 1 aromatic carbocycles. The van der Waals surface area contributed by atoms with Gasteiger partial charge >= 0.3 is 0 Å². The number of thiophene rings is 1. The van der Waals surface area contributed by atoms with Gasteiger partial charge in [0.25, 0.3) is 10.0 Å². The van der Waals surface area contributed by atoms with E-state index < -0.39 is 22.2 Å². The summed E-state index contributed by atoms with van der Waals surface area (Å²) in [4.78, 5) is 0.942. The number of rotatable bonds is 3. The van der Waals surface area contributed by atoms with Crippen LogP contribution in [0.1, 0.15) is 22.0 Å². The minimum atomic E-state index is -3.59. The molecule has 3 rings (SSSR count). The zero-order valence-corrected chi connectivity index (χ0v) is 12.5. The van der Waals surface area contributed by atoms with E-state index in [0.29, 0.717) is 6.42 Å². The number of nitrogens with one attached hydrogen (secondary N) is 1. The summed E-state index contributed by atoms with van der Waals surface area (Å²) in [6, 6.07) is 10.3. The van der Waals surface area contributed by atoms with Crippen LogP contribution < -0.4 is 4.72 Å². The minimum Gasteiger partial charge on any atom is -0.391 e. The van der Waals surface area contributed by atoms with E-state index in [2.05, 4.69) is 4.72 Å². The van der Waals surface area contributed by atoms with E-state index in [1.807, 2.05) is 31.2 Å². The van der Waals surface area contributed by atoms with Crippen molar-refractivity contribution in [3.63, 3.8) is 0 Å². The zero-order chi connectivity index (χ0) is 14.3. The second-order valence-electron chi connectivity index (χ2n) is 4.93. The topological polar surface area (TPSA) is 66.4 Å². The number of sulfonamides is 1. The van der Waals surface area contributed by atoms with Gasteiger partial charge in [-0.1, -0.05) is 24.3 Å². The third-order valence-electron chi connectivity index (χ3n) is 3.47. The van der Waals surface area contributed by atoms with Crippen LogP contribution in [-0.4, -0.2) is 19.6 Å². The number of benzene rings is 1. The molecule has 2 N–H and O–H groups in total. The Morgan fingerprint density at radius 1 is 1.25 bits per heavy atom. The van der Waals surface area contributed by atoms with Crippen molar-refractivity contribution in [3.05, 3.63) is 52.4 Å². The van der Waals surface area contributed by atoms with Crippen LogP contribution >= 0.6 is 11.3 Å². The second kappa shape index (κ2) is 4.96. The standard InChI is InChI=1S/C14H15NO3S2/c1-9-6-7-13(19-9)20(17,18)15-14-11-5-3-2-4-10(11)8-12(14)16/h2-7,12,14-16H,8H2,1H3/t12-,14+/m0/s1. The van der Waals surface area contributed by atoms with Gasteiger partial charge in [0, 0.05) is 11.3 Å². The highest BCUT2D eigenvalue weighted by Crippen LogP contribution is 2.33. The van der Waals surface area contributed by atoms with Gasteiger partial charge in [-0.05, 0) is 30.2 Å². The van der Waals surface area contributed by atoms with Gasteiger partial charge < -0.3 is 5.11 Å². The lowest BCUT2D eigenvalue weighted by molar-refractivity contribution is 0.151. The first-order chi connectivity index (χ1) is 9.47. The molecule has 6 heteroatoms. The van der Waals surface area contributed by atoms with Crippen LogP contribution in [0.2, 0.25) is 0 Å². The van der Waals surface area contributed by atoms with Gasteiger partial charge in [0.15, 0.2) is 0 Å². The molecule has 2 atom stereocenters. The summed E-state index contributed by atoms with van der Waals surface area (Å²) in [7, 11) is -3.59. The van der Waals surface area contributed by atoms with Gasteiger partial charge in [-0.3, -0.25) is 0 Å². The molecule has 4 nitrogen and oxygen atoms in total. The van der Waals surface area contributed by atoms with Gasteiger partial charge in [0.05, 0.1) is 12.1 Å². The molecular weight excluding hydrogens is 294 g/mol. The maximum Gasteiger partial charge on any atom is 0.250 e. The van der Waals surface area contributed by atoms with Crippen molar-refractivity contribution < 1.29 is 13.5 Å². The Balaban J connectivity index is 1.92. The normalized spacial score (nSPS) is 21.9. The maximum atomic E-state index is 12.3. The molecule has 0 saturated carbocycles. The summed E-state index contributed by atoms with van der Waals surface area (Å²) in [5, 5.41) is 10.1. The number of fused-ring (bicyclic) bond motifs is 1. The van der Waals surface area contributed by atoms with E-state index in [4.69, 9.17) is 0 Å². The quantitative estimate of drug-likeness (QED) is 0.911. The fourth-order valence-electron chi connectivity index (χ4n) is 2.50. The molecule has 1 heterocycles. The first-order valence-corrected chi connectivity index (χ1v) is 8.62. The molecular formula is C14H15NO3S2. The van der Waals surface area contributed by atoms with Crippen molar-refractivity contribution in [2.75, 3.05) is 0 Å². The molecule has 0 bridgehead atoms. The van der Waals surface area contributed by atoms with E-state index in [-0.39, 0.29) is 4.21 Å². The zero-order valence-electron chi connectivity index (χ0n) is 10.9. The molecule has 106 valence electrons. The summed E-state index contributed by atoms with van der Waals surface area (Å²) >= 11 is 1.23. The fourth-order valence-corrected chi connectivity index (χ4v) is 5.05. The lowest BCUT2D eigenvalue weighted by Crippen LogP contribution is -2.33. The lowest BCUT2D eigenvalue weighted by Gasteiger charge is -2.17. The third kappa shape index (κ3) is 2.40. The van der Waals surface area contributed by atoms with Crippen LogP contribution in [0.25, 0.3) is 0 Å². The van der Waals surface area contributed by atoms with E-state index in [1.54, 1.807) is 12.1 Å². The fraction of sp³-hybridized carbons (Fsp3) is 0.286. The van der Waals surface area contributed by atoms with Crippen LogP contribution in [0, 0.1) is 6.92 Å². The maximum absolute atomic E-state index is 12.3. The van der Waals surface area contributed by atoms with Crippen LogP contribution in [-0.2, 0) is 16.4 Å². The van der Waals surface area contributed by atoms with E-state index in [9.17, 15) is 13.5 Å². The van der Waals surface area contributed by atoms with E-state index in [1.165, 1.54) is 11.3 Å². The highest BCUT2D eigenvalue weighted by Gasteiger charge is 2.34. The van der Waals surface area contributed by atoms with Crippen molar-refractivity contribution in [1.29, 1.82) is 0 Å². The minimum absolute atomic E-state index is 0.284. The summed E-state index contributed by atoms with van der Waals surface area (Å²) in [6.45, 7) is 1.86. The van der Waals surface area contributed by atoms with Crippen molar-refractivity contribution >= 4 is 21.4 Å². The largest absolute Gasteiger partial charge is 0.391 e. The van der Waals surface area contributed by atoms with Gasteiger partial charge in [0.2, 0.25) is 0 Å². The summed E-state index contributed by atoms with van der Waals surface area (Å²) in [5.74, 6) is 0. The first-order valence-electron chi connectivity index (χ1n) is 6.32. The average Bonchev–Trinajstić information content (AvgIpc) is 2.95. The molecule has 0 saturated heterocycles. The molecule has 0 fully saturated rings. The van der Waals surface area contributed by atoms with Crippen molar-refractivity contribution in [2.45, 2.75) is 29.7 Å². The van der Waals surface area contributed by atoms with E-state index in [0.717, 1.165) is 16.0 Å². The van der Waals surface area contributed by atoms with E-state index >= 15 is 0 Å². The number of aryl methyl sites for hydroxylation is 1. The molecule has 1 aliphatic rings. The molecule has 1 aliphatic carbocycles. The van der Waals surface area contributed by atoms with Crippen LogP contribution in [0.3, 0.4) is 0 Å². The molecule has 0 unspecified atom stereocenters.